The molecule has 44 heavy (non-hydrogen) atoms. The van der Waals surface area contributed by atoms with Crippen molar-refractivity contribution in [3.05, 3.63) is 74.4 Å². The normalized spacial score (nSPS) is 10.7. The molecule has 0 amide bonds. The summed E-state index contributed by atoms with van der Waals surface area (Å²) in [5.74, 6) is -4.86. The Hall–Kier alpha value is -4.78. The second kappa shape index (κ2) is 19.4. The lowest BCUT2D eigenvalue weighted by atomic mass is 9.90. The summed E-state index contributed by atoms with van der Waals surface area (Å²) in [7, 11) is 0. The summed E-state index contributed by atoms with van der Waals surface area (Å²) >= 11 is 0. The summed E-state index contributed by atoms with van der Waals surface area (Å²) in [5, 5.41) is 0. The second-order valence-corrected chi connectivity index (χ2v) is 10.00. The molecule has 0 aliphatic heterocycles. The van der Waals surface area contributed by atoms with E-state index in [2.05, 4.69) is 39.5 Å². The lowest BCUT2D eigenvalue weighted by molar-refractivity contribution is -0.170. The van der Waals surface area contributed by atoms with Crippen molar-refractivity contribution < 1.29 is 61.9 Å². The number of hydrogen-bond donors (Lipinski definition) is 0. The van der Waals surface area contributed by atoms with Crippen LogP contribution >= 0.6 is 0 Å². The van der Waals surface area contributed by atoms with Crippen molar-refractivity contribution in [2.45, 2.75) is 20.8 Å². The maximum atomic E-state index is 12.2. The van der Waals surface area contributed by atoms with Crippen LogP contribution in [0.25, 0.3) is 0 Å². The predicted molar refractivity (Wildman–Crippen MR) is 156 cm³/mol. The Balaban J connectivity index is 6.51. The molecule has 0 atom stereocenters. The average Bonchev–Trinajstić information content (AvgIpc) is 3.00. The highest BCUT2D eigenvalue weighted by molar-refractivity contribution is 5.88. The van der Waals surface area contributed by atoms with Gasteiger partial charge in [0, 0.05) is 34.9 Å². The van der Waals surface area contributed by atoms with Gasteiger partial charge < -0.3 is 33.2 Å². The fraction of sp³-hybridized carbons (Fsp3) is 0.419. The van der Waals surface area contributed by atoms with Crippen LogP contribution < -0.4 is 0 Å². The third-order valence-corrected chi connectivity index (χ3v) is 5.45. The van der Waals surface area contributed by atoms with Crippen LogP contribution in [0.3, 0.4) is 0 Å². The highest BCUT2D eigenvalue weighted by Crippen LogP contribution is 2.26. The Morgan fingerprint density at radius 1 is 0.455 bits per heavy atom. The molecule has 0 N–H and O–H groups in total. The Labute approximate surface area is 256 Å². The zero-order valence-electron chi connectivity index (χ0n) is 25.4. The van der Waals surface area contributed by atoms with Crippen LogP contribution in [0.5, 0.6) is 0 Å². The summed E-state index contributed by atoms with van der Waals surface area (Å²) in [6.07, 6.45) is 2.69. The minimum atomic E-state index is -1.51. The van der Waals surface area contributed by atoms with Crippen molar-refractivity contribution in [3.63, 3.8) is 0 Å². The number of ether oxygens (including phenoxy) is 7. The summed E-state index contributed by atoms with van der Waals surface area (Å²) in [6, 6.07) is 0. The monoisotopic (exact) mass is 620 g/mol. The van der Waals surface area contributed by atoms with Crippen LogP contribution in [0, 0.1) is 10.8 Å². The fourth-order valence-corrected chi connectivity index (χ4v) is 2.86. The van der Waals surface area contributed by atoms with E-state index in [1.165, 1.54) is 20.8 Å². The van der Waals surface area contributed by atoms with Crippen molar-refractivity contribution >= 4 is 35.8 Å². The van der Waals surface area contributed by atoms with E-state index in [-0.39, 0.29) is 16.7 Å². The van der Waals surface area contributed by atoms with Crippen molar-refractivity contribution in [1.29, 1.82) is 0 Å². The van der Waals surface area contributed by atoms with Gasteiger partial charge >= 0.3 is 35.8 Å². The molecule has 13 heteroatoms. The van der Waals surface area contributed by atoms with Gasteiger partial charge in [-0.05, 0) is 20.8 Å². The maximum Gasteiger partial charge on any atom is 0.333 e. The van der Waals surface area contributed by atoms with Gasteiger partial charge in [0.05, 0.1) is 24.0 Å². The molecular formula is C31H40O13. The van der Waals surface area contributed by atoms with Crippen molar-refractivity contribution in [2.24, 2.45) is 10.8 Å². The topological polar surface area (TPSA) is 167 Å². The Morgan fingerprint density at radius 3 is 0.886 bits per heavy atom. The Morgan fingerprint density at radius 2 is 0.682 bits per heavy atom. The van der Waals surface area contributed by atoms with E-state index in [4.69, 9.17) is 33.2 Å². The first-order valence-corrected chi connectivity index (χ1v) is 13.0. The van der Waals surface area contributed by atoms with Gasteiger partial charge in [0.1, 0.15) is 39.6 Å². The molecule has 0 spiro atoms. The quantitative estimate of drug-likeness (QED) is 0.0985. The Kier molecular flexibility index (Phi) is 17.3. The fourth-order valence-electron chi connectivity index (χ4n) is 2.86. The van der Waals surface area contributed by atoms with Crippen molar-refractivity contribution in [2.75, 3.05) is 52.9 Å². The van der Waals surface area contributed by atoms with Crippen molar-refractivity contribution in [1.82, 2.24) is 0 Å². The van der Waals surface area contributed by atoms with E-state index in [1.807, 2.05) is 0 Å². The van der Waals surface area contributed by atoms with Crippen LogP contribution in [0.1, 0.15) is 20.8 Å². The standard InChI is InChI=1S/C31H40O13/c1-10-24(32)39-15-30(16-40-25(33)11-2,18-42-27(35)21(4)5)13-38-14-31(17-41-26(34)12-3,19-43-28(36)22(6)7)20-44-29(37)23(8)9/h10-12H,1-4,6,8,13-20H2,5,7,9H3. The van der Waals surface area contributed by atoms with Crippen LogP contribution in [0.4, 0.5) is 0 Å². The SMILES string of the molecule is C=CC(=O)OCC(COCC(COC(=O)C=C)(COC(=O)C(=C)C)COC(=O)C(=C)C)(COC(=O)C=C)COC(=O)C(=C)C. The first kappa shape index (κ1) is 39.2. The first-order valence-electron chi connectivity index (χ1n) is 13.0. The van der Waals surface area contributed by atoms with Gasteiger partial charge in [-0.1, -0.05) is 39.5 Å². The molecule has 0 rings (SSSR count). The minimum absolute atomic E-state index is 0.0627. The molecule has 0 aliphatic rings. The minimum Gasteiger partial charge on any atom is -0.462 e. The molecule has 0 aromatic carbocycles. The van der Waals surface area contributed by atoms with E-state index >= 15 is 0 Å². The van der Waals surface area contributed by atoms with E-state index in [9.17, 15) is 28.8 Å². The molecule has 0 bridgehead atoms. The van der Waals surface area contributed by atoms with Gasteiger partial charge in [0.15, 0.2) is 0 Å². The summed E-state index contributed by atoms with van der Waals surface area (Å²) in [5.41, 5.74) is -2.83. The van der Waals surface area contributed by atoms with Crippen LogP contribution in [0.2, 0.25) is 0 Å². The highest BCUT2D eigenvalue weighted by Gasteiger charge is 2.40. The van der Waals surface area contributed by atoms with E-state index in [0.717, 1.165) is 18.2 Å². The molecule has 242 valence electrons. The van der Waals surface area contributed by atoms with Crippen molar-refractivity contribution in [3.8, 4) is 0 Å². The smallest absolute Gasteiger partial charge is 0.333 e. The van der Waals surface area contributed by atoms with Gasteiger partial charge in [0.2, 0.25) is 0 Å². The van der Waals surface area contributed by atoms with Gasteiger partial charge in [-0.2, -0.15) is 0 Å². The van der Waals surface area contributed by atoms with Crippen LogP contribution in [0.15, 0.2) is 74.4 Å². The summed E-state index contributed by atoms with van der Waals surface area (Å²) in [4.78, 5) is 72.5. The molecule has 0 aromatic rings. The second-order valence-electron chi connectivity index (χ2n) is 10.00. The van der Waals surface area contributed by atoms with Crippen LogP contribution in [-0.2, 0) is 61.9 Å². The van der Waals surface area contributed by atoms with Crippen LogP contribution in [-0.4, -0.2) is 88.7 Å². The molecule has 0 aliphatic carbocycles. The first-order chi connectivity index (χ1) is 20.6. The lowest BCUT2D eigenvalue weighted by Gasteiger charge is -2.35. The highest BCUT2D eigenvalue weighted by atomic mass is 16.6. The van der Waals surface area contributed by atoms with E-state index in [1.54, 1.807) is 0 Å². The van der Waals surface area contributed by atoms with Gasteiger partial charge in [0.25, 0.3) is 0 Å². The summed E-state index contributed by atoms with van der Waals surface area (Å²) in [6.45, 7) is 21.0. The van der Waals surface area contributed by atoms with Gasteiger partial charge in [-0.3, -0.25) is 0 Å². The molecule has 0 radical (unpaired) electrons. The zero-order valence-corrected chi connectivity index (χ0v) is 25.4. The molecule has 0 aromatic heterocycles. The third-order valence-electron chi connectivity index (χ3n) is 5.45. The summed E-state index contributed by atoms with van der Waals surface area (Å²) < 4.78 is 37.5. The molecular weight excluding hydrogens is 580 g/mol. The predicted octanol–water partition coefficient (Wildman–Crippen LogP) is 2.52. The number of carbonyl (C=O) groups is 6. The van der Waals surface area contributed by atoms with Gasteiger partial charge in [-0.25, -0.2) is 28.8 Å². The largest absolute Gasteiger partial charge is 0.462 e. The third kappa shape index (κ3) is 14.9. The molecule has 0 fully saturated rings. The maximum absolute atomic E-state index is 12.2. The molecule has 0 saturated carbocycles. The molecule has 13 nitrogen and oxygen atoms in total. The number of esters is 6. The van der Waals surface area contributed by atoms with E-state index in [0.29, 0.717) is 0 Å². The lowest BCUT2D eigenvalue weighted by Crippen LogP contribution is -2.47. The number of hydrogen-bond acceptors (Lipinski definition) is 13. The zero-order chi connectivity index (χ0) is 33.9. The van der Waals surface area contributed by atoms with Gasteiger partial charge in [-0.15, -0.1) is 0 Å². The molecule has 0 heterocycles. The average molecular weight is 621 g/mol. The van der Waals surface area contributed by atoms with E-state index < -0.39 is 99.5 Å². The molecule has 0 saturated heterocycles. The molecule has 0 unspecified atom stereocenters. The number of carbonyl (C=O) groups excluding carboxylic acids is 6. The Bertz CT molecular complexity index is 1110. The number of rotatable bonds is 22.